The number of aromatic nitrogens is 1. The predicted molar refractivity (Wildman–Crippen MR) is 106 cm³/mol. The number of nitrogens with zero attached hydrogens (tertiary/aromatic N) is 1. The molecule has 1 N–H and O–H groups in total. The third kappa shape index (κ3) is 3.45. The first-order chi connectivity index (χ1) is 14.1. The zero-order chi connectivity index (χ0) is 20.4. The van der Waals surface area contributed by atoms with E-state index in [1.165, 1.54) is 19.1 Å². The number of aromatic amines is 1. The number of methoxy groups -OCH3 is 2. The zero-order valence-corrected chi connectivity index (χ0v) is 16.3. The van der Waals surface area contributed by atoms with E-state index in [4.69, 9.17) is 14.2 Å². The summed E-state index contributed by atoms with van der Waals surface area (Å²) in [5, 5.41) is 0.996. The Balaban J connectivity index is 1.69. The van der Waals surface area contributed by atoms with Gasteiger partial charge in [0.05, 0.1) is 12.8 Å². The number of hydrogen-bond acceptors (Lipinski definition) is 5. The van der Waals surface area contributed by atoms with Crippen molar-refractivity contribution < 1.29 is 23.8 Å². The average Bonchev–Trinajstić information content (AvgIpc) is 3.14. The van der Waals surface area contributed by atoms with Crippen LogP contribution in [-0.4, -0.2) is 42.2 Å². The van der Waals surface area contributed by atoms with Crippen molar-refractivity contribution in [1.29, 1.82) is 0 Å². The highest BCUT2D eigenvalue weighted by molar-refractivity contribution is 5.89. The molecular weight excluding hydrogens is 372 g/mol. The summed E-state index contributed by atoms with van der Waals surface area (Å²) in [4.78, 5) is 30.2. The van der Waals surface area contributed by atoms with Gasteiger partial charge in [0.1, 0.15) is 12.6 Å². The van der Waals surface area contributed by atoms with E-state index in [1.807, 2.05) is 54.6 Å². The van der Waals surface area contributed by atoms with E-state index >= 15 is 0 Å². The molecule has 7 heteroatoms. The Morgan fingerprint density at radius 3 is 2.52 bits per heavy atom. The van der Waals surface area contributed by atoms with Crippen molar-refractivity contribution in [2.24, 2.45) is 0 Å². The Kier molecular flexibility index (Phi) is 5.22. The molecule has 29 heavy (non-hydrogen) atoms. The molecule has 7 nitrogen and oxygen atoms in total. The molecule has 0 spiro atoms. The number of carbonyl (C=O) groups excluding carboxylic acids is 2. The largest absolute Gasteiger partial charge is 0.467 e. The molecule has 1 aliphatic rings. The lowest BCUT2D eigenvalue weighted by Crippen LogP contribution is -2.52. The molecule has 0 radical (unpaired) electrons. The fraction of sp³-hybridized carbons (Fsp3) is 0.273. The van der Waals surface area contributed by atoms with Crippen molar-refractivity contribution >= 4 is 23.0 Å². The molecule has 2 heterocycles. The molecule has 2 atom stereocenters. The van der Waals surface area contributed by atoms with Crippen LogP contribution in [0.3, 0.4) is 0 Å². The number of para-hydroxylation sites is 1. The molecule has 150 valence electrons. The van der Waals surface area contributed by atoms with Gasteiger partial charge in [-0.2, -0.15) is 0 Å². The van der Waals surface area contributed by atoms with E-state index in [0.717, 1.165) is 27.7 Å². The van der Waals surface area contributed by atoms with Crippen LogP contribution in [0.5, 0.6) is 0 Å². The van der Waals surface area contributed by atoms with Crippen molar-refractivity contribution in [2.75, 3.05) is 14.2 Å². The van der Waals surface area contributed by atoms with Crippen molar-refractivity contribution in [3.63, 3.8) is 0 Å². The molecule has 0 fully saturated rings. The van der Waals surface area contributed by atoms with Gasteiger partial charge in [-0.25, -0.2) is 9.59 Å². The maximum atomic E-state index is 13.0. The minimum absolute atomic E-state index is 0.0973. The molecule has 0 saturated heterocycles. The minimum Gasteiger partial charge on any atom is -0.467 e. The summed E-state index contributed by atoms with van der Waals surface area (Å²) in [6.45, 7) is 0.0973. The van der Waals surface area contributed by atoms with E-state index in [2.05, 4.69) is 4.98 Å². The number of H-pyrrole nitrogens is 1. The highest BCUT2D eigenvalue weighted by Crippen LogP contribution is 2.38. The van der Waals surface area contributed by atoms with E-state index in [0.29, 0.717) is 6.42 Å². The minimum atomic E-state index is -0.847. The number of nitrogens with one attached hydrogen (secondary N) is 1. The second-order valence-corrected chi connectivity index (χ2v) is 6.84. The maximum Gasteiger partial charge on any atom is 0.413 e. The Hall–Kier alpha value is -3.32. The fourth-order valence-electron chi connectivity index (χ4n) is 3.83. The number of hydrogen-bond donors (Lipinski definition) is 1. The van der Waals surface area contributed by atoms with E-state index in [9.17, 15) is 9.59 Å². The van der Waals surface area contributed by atoms with Crippen molar-refractivity contribution in [2.45, 2.75) is 25.3 Å². The third-order valence-corrected chi connectivity index (χ3v) is 5.19. The number of carbonyl (C=O) groups is 2. The molecule has 4 rings (SSSR count). The monoisotopic (exact) mass is 394 g/mol. The van der Waals surface area contributed by atoms with Gasteiger partial charge in [-0.1, -0.05) is 48.5 Å². The van der Waals surface area contributed by atoms with Crippen LogP contribution < -0.4 is 0 Å². The van der Waals surface area contributed by atoms with Gasteiger partial charge < -0.3 is 19.2 Å². The van der Waals surface area contributed by atoms with Crippen LogP contribution in [0.4, 0.5) is 4.79 Å². The van der Waals surface area contributed by atoms with E-state index < -0.39 is 24.3 Å². The number of rotatable bonds is 4. The second kappa shape index (κ2) is 7.97. The van der Waals surface area contributed by atoms with Crippen LogP contribution in [0.1, 0.15) is 23.0 Å². The second-order valence-electron chi connectivity index (χ2n) is 6.84. The standard InChI is InChI=1S/C22H22N2O5/c1-27-20-19-16(15-10-6-7-11-17(15)23-19)12-18(21(25)28-2)24(20)22(26)29-13-14-8-4-3-5-9-14/h3-11,18,20,23H,12-13H2,1-2H3/t18-,20?/m0/s1. The molecule has 1 aliphatic heterocycles. The lowest BCUT2D eigenvalue weighted by atomic mass is 9.96. The molecule has 3 aromatic rings. The lowest BCUT2D eigenvalue weighted by Gasteiger charge is -2.38. The van der Waals surface area contributed by atoms with Gasteiger partial charge in [-0.15, -0.1) is 0 Å². The topological polar surface area (TPSA) is 80.9 Å². The number of ether oxygens (including phenoxy) is 3. The quantitative estimate of drug-likeness (QED) is 0.685. The molecule has 1 unspecified atom stereocenters. The van der Waals surface area contributed by atoms with Gasteiger partial charge in [-0.05, 0) is 17.2 Å². The van der Waals surface area contributed by atoms with Gasteiger partial charge in [0.25, 0.3) is 0 Å². The van der Waals surface area contributed by atoms with Crippen LogP contribution >= 0.6 is 0 Å². The van der Waals surface area contributed by atoms with E-state index in [1.54, 1.807) is 0 Å². The highest BCUT2D eigenvalue weighted by Gasteiger charge is 2.44. The molecule has 0 aliphatic carbocycles. The summed E-state index contributed by atoms with van der Waals surface area (Å²) >= 11 is 0. The summed E-state index contributed by atoms with van der Waals surface area (Å²) < 4.78 is 16.1. The summed E-state index contributed by atoms with van der Waals surface area (Å²) in [7, 11) is 2.81. The van der Waals surface area contributed by atoms with Gasteiger partial charge in [0.2, 0.25) is 0 Å². The van der Waals surface area contributed by atoms with Crippen LogP contribution in [0.25, 0.3) is 10.9 Å². The van der Waals surface area contributed by atoms with Gasteiger partial charge in [-0.3, -0.25) is 4.90 Å². The maximum absolute atomic E-state index is 13.0. The normalized spacial score (nSPS) is 18.3. The SMILES string of the molecule is COC(=O)[C@@H]1Cc2c([nH]c3ccccc23)C(OC)N1C(=O)OCc1ccccc1. The Bertz CT molecular complexity index is 1030. The molecule has 2 aromatic carbocycles. The van der Waals surface area contributed by atoms with Crippen LogP contribution in [0.15, 0.2) is 54.6 Å². The third-order valence-electron chi connectivity index (χ3n) is 5.19. The number of esters is 1. The summed E-state index contributed by atoms with van der Waals surface area (Å²) in [6, 6.07) is 16.3. The van der Waals surface area contributed by atoms with Crippen molar-refractivity contribution in [3.05, 3.63) is 71.4 Å². The Morgan fingerprint density at radius 2 is 1.79 bits per heavy atom. The van der Waals surface area contributed by atoms with Crippen molar-refractivity contribution in [3.8, 4) is 0 Å². The van der Waals surface area contributed by atoms with Crippen molar-refractivity contribution in [1.82, 2.24) is 9.88 Å². The van der Waals surface area contributed by atoms with Gasteiger partial charge in [0.15, 0.2) is 6.23 Å². The first kappa shape index (κ1) is 19.0. The smallest absolute Gasteiger partial charge is 0.413 e. The number of benzene rings is 2. The Labute approximate surface area is 168 Å². The molecule has 1 aromatic heterocycles. The van der Waals surface area contributed by atoms with Gasteiger partial charge in [0, 0.05) is 24.4 Å². The zero-order valence-electron chi connectivity index (χ0n) is 16.3. The summed E-state index contributed by atoms with van der Waals surface area (Å²) in [5.74, 6) is -0.514. The van der Waals surface area contributed by atoms with Gasteiger partial charge >= 0.3 is 12.1 Å². The average molecular weight is 394 g/mol. The van der Waals surface area contributed by atoms with E-state index in [-0.39, 0.29) is 6.61 Å². The molecular formula is C22H22N2O5. The fourth-order valence-corrected chi connectivity index (χ4v) is 3.83. The molecule has 0 saturated carbocycles. The summed E-state index contributed by atoms with van der Waals surface area (Å²) in [5.41, 5.74) is 3.45. The van der Waals surface area contributed by atoms with Crippen LogP contribution in [0, 0.1) is 0 Å². The Morgan fingerprint density at radius 1 is 1.07 bits per heavy atom. The highest BCUT2D eigenvalue weighted by atomic mass is 16.6. The first-order valence-electron chi connectivity index (χ1n) is 9.33. The molecule has 1 amide bonds. The lowest BCUT2D eigenvalue weighted by molar-refractivity contribution is -0.153. The first-order valence-corrected chi connectivity index (χ1v) is 9.33. The summed E-state index contributed by atoms with van der Waals surface area (Å²) in [6.07, 6.45) is -1.12. The van der Waals surface area contributed by atoms with Crippen LogP contribution in [0.2, 0.25) is 0 Å². The predicted octanol–water partition coefficient (Wildman–Crippen LogP) is 3.55. The van der Waals surface area contributed by atoms with Crippen LogP contribution in [-0.2, 0) is 32.0 Å². The number of fused-ring (bicyclic) bond motifs is 3. The number of amides is 1. The molecule has 0 bridgehead atoms.